The first-order chi connectivity index (χ1) is 17.8. The van der Waals surface area contributed by atoms with Gasteiger partial charge in [0.2, 0.25) is 11.6 Å². The van der Waals surface area contributed by atoms with Gasteiger partial charge in [-0.2, -0.15) is 21.9 Å². The number of carbonyl (C=O) groups is 2. The van der Waals surface area contributed by atoms with Crippen LogP contribution in [0.5, 0.6) is 11.5 Å². The van der Waals surface area contributed by atoms with Gasteiger partial charge in [-0.05, 0) is 30.7 Å². The average molecular weight is 566 g/mol. The van der Waals surface area contributed by atoms with E-state index in [1.807, 2.05) is 14.7 Å². The molecule has 3 fully saturated rings. The Hall–Kier alpha value is -2.66. The van der Waals surface area contributed by atoms with Crippen LogP contribution in [0.4, 0.5) is 0 Å². The minimum Gasteiger partial charge on any atom is -0.497 e. The summed E-state index contributed by atoms with van der Waals surface area (Å²) in [6.45, 7) is 7.57. The van der Waals surface area contributed by atoms with Crippen LogP contribution in [-0.4, -0.2) is 86.8 Å². The maximum absolute atomic E-state index is 12.4. The minimum atomic E-state index is -3.49. The SMILES string of the molecule is CCCCCCCCS(=O)(=O)Oc1ccc(OC)cc1.O=C1C=C(N2CC2)C(=O)C(N2CC2)=C1N1CC1.S. The van der Waals surface area contributed by atoms with E-state index in [4.69, 9.17) is 8.92 Å². The number of hydrogen-bond acceptors (Lipinski definition) is 9. The second-order valence-corrected chi connectivity index (χ2v) is 11.4. The molecule has 3 heterocycles. The summed E-state index contributed by atoms with van der Waals surface area (Å²) in [4.78, 5) is 30.5. The number of ketones is 2. The normalized spacial score (nSPS) is 17.8. The lowest BCUT2D eigenvalue weighted by Crippen LogP contribution is -2.29. The van der Waals surface area contributed by atoms with Crippen molar-refractivity contribution in [3.8, 4) is 11.5 Å². The molecule has 0 bridgehead atoms. The number of carbonyl (C=O) groups excluding carboxylic acids is 2. The number of unbranched alkanes of at least 4 members (excludes halogenated alkanes) is 5. The van der Waals surface area contributed by atoms with Gasteiger partial charge in [0.15, 0.2) is 0 Å². The van der Waals surface area contributed by atoms with E-state index in [1.165, 1.54) is 25.3 Å². The summed E-state index contributed by atoms with van der Waals surface area (Å²) in [5.41, 5.74) is 1.89. The minimum absolute atomic E-state index is 0. The van der Waals surface area contributed by atoms with Crippen LogP contribution in [-0.2, 0) is 19.7 Å². The lowest BCUT2D eigenvalue weighted by Gasteiger charge is -2.21. The van der Waals surface area contributed by atoms with E-state index in [0.717, 1.165) is 52.1 Å². The maximum Gasteiger partial charge on any atom is 0.309 e. The van der Waals surface area contributed by atoms with E-state index < -0.39 is 10.1 Å². The van der Waals surface area contributed by atoms with E-state index in [-0.39, 0.29) is 30.8 Å². The Labute approximate surface area is 233 Å². The first-order valence-corrected chi connectivity index (χ1v) is 14.8. The van der Waals surface area contributed by atoms with Crippen molar-refractivity contribution >= 4 is 35.2 Å². The van der Waals surface area contributed by atoms with Gasteiger partial charge in [-0.1, -0.05) is 39.0 Å². The monoisotopic (exact) mass is 565 g/mol. The molecule has 1 aromatic rings. The number of rotatable bonds is 13. The van der Waals surface area contributed by atoms with Crippen LogP contribution in [0.3, 0.4) is 0 Å². The van der Waals surface area contributed by atoms with Crippen LogP contribution in [0.2, 0.25) is 0 Å². The fraction of sp³-hybridized carbons (Fsp3) is 0.556. The third-order valence-electron chi connectivity index (χ3n) is 6.52. The Kier molecular flexibility index (Phi) is 10.6. The lowest BCUT2D eigenvalue weighted by molar-refractivity contribution is -0.117. The second kappa shape index (κ2) is 13.4. The van der Waals surface area contributed by atoms with Crippen molar-refractivity contribution in [1.82, 2.24) is 14.7 Å². The van der Waals surface area contributed by atoms with Gasteiger partial charge in [-0.15, -0.1) is 0 Å². The Morgan fingerprint density at radius 2 is 1.29 bits per heavy atom. The molecule has 0 atom stereocenters. The van der Waals surface area contributed by atoms with Crippen LogP contribution in [0.25, 0.3) is 0 Å². The summed E-state index contributed by atoms with van der Waals surface area (Å²) in [6.07, 6.45) is 7.79. The van der Waals surface area contributed by atoms with E-state index in [0.29, 0.717) is 35.0 Å². The molecule has 1 aliphatic carbocycles. The highest BCUT2D eigenvalue weighted by molar-refractivity contribution is 7.87. The van der Waals surface area contributed by atoms with Gasteiger partial charge in [0.1, 0.15) is 22.9 Å². The molecule has 0 unspecified atom stereocenters. The molecule has 5 rings (SSSR count). The predicted octanol–water partition coefficient (Wildman–Crippen LogP) is 3.06. The van der Waals surface area contributed by atoms with E-state index in [9.17, 15) is 18.0 Å². The summed E-state index contributed by atoms with van der Waals surface area (Å²) < 4.78 is 33.6. The zero-order valence-corrected chi connectivity index (χ0v) is 24.1. The molecular weight excluding hydrogens is 526 g/mol. The number of allylic oxidation sites excluding steroid dienone is 1. The standard InChI is InChI=1S/C15H24O4S.C12H13N3O2.H2S/c1-3-4-5-6-7-8-13-20(16,17)19-15-11-9-14(18-2)10-12-15;16-9-7-8(13-1-2-13)12(17)11(15-5-6-15)10(9)14-3-4-14;/h9-12H,3-8,13H2,1-2H3;7H,1-6H2;1H2. The molecule has 4 aliphatic rings. The van der Waals surface area contributed by atoms with E-state index in [1.54, 1.807) is 31.4 Å². The molecule has 0 saturated carbocycles. The van der Waals surface area contributed by atoms with Crippen LogP contribution >= 0.6 is 13.5 Å². The Morgan fingerprint density at radius 3 is 1.84 bits per heavy atom. The summed E-state index contributed by atoms with van der Waals surface area (Å²) in [7, 11) is -1.93. The molecule has 210 valence electrons. The van der Waals surface area contributed by atoms with Crippen molar-refractivity contribution in [2.24, 2.45) is 0 Å². The van der Waals surface area contributed by atoms with Crippen molar-refractivity contribution in [2.45, 2.75) is 45.4 Å². The lowest BCUT2D eigenvalue weighted by atomic mass is 10.0. The Balaban J connectivity index is 0.000000206. The Morgan fingerprint density at radius 1 is 0.763 bits per heavy atom. The first-order valence-electron chi connectivity index (χ1n) is 13.2. The Bertz CT molecular complexity index is 1150. The number of methoxy groups -OCH3 is 1. The average Bonchev–Trinajstić information content (AvgIpc) is 3.69. The van der Waals surface area contributed by atoms with Gasteiger partial charge >= 0.3 is 10.1 Å². The molecule has 0 spiro atoms. The summed E-state index contributed by atoms with van der Waals surface area (Å²) in [6, 6.07) is 6.54. The van der Waals surface area contributed by atoms with E-state index in [2.05, 4.69) is 6.92 Å². The van der Waals surface area contributed by atoms with Crippen molar-refractivity contribution in [3.63, 3.8) is 0 Å². The molecule has 0 radical (unpaired) electrons. The summed E-state index contributed by atoms with van der Waals surface area (Å²) in [5, 5.41) is 0. The number of Topliss-reactive ketones (excluding diaryl/α,β-unsaturated/α-hetero) is 1. The van der Waals surface area contributed by atoms with Gasteiger partial charge in [0, 0.05) is 45.3 Å². The van der Waals surface area contributed by atoms with Gasteiger partial charge in [-0.3, -0.25) is 9.59 Å². The number of nitrogens with zero attached hydrogens (tertiary/aromatic N) is 3. The van der Waals surface area contributed by atoms with E-state index >= 15 is 0 Å². The third-order valence-corrected chi connectivity index (χ3v) is 7.75. The fourth-order valence-electron chi connectivity index (χ4n) is 4.15. The van der Waals surface area contributed by atoms with Crippen LogP contribution in [0.1, 0.15) is 45.4 Å². The third kappa shape index (κ3) is 8.42. The molecule has 0 amide bonds. The molecule has 0 aromatic heterocycles. The van der Waals surface area contributed by atoms with Gasteiger partial charge < -0.3 is 23.6 Å². The maximum atomic E-state index is 12.4. The topological polar surface area (TPSA) is 95.8 Å². The first kappa shape index (κ1) is 29.9. The summed E-state index contributed by atoms with van der Waals surface area (Å²) >= 11 is 0. The molecular formula is C27H39N3O6S2. The molecule has 3 saturated heterocycles. The van der Waals surface area contributed by atoms with Crippen molar-refractivity contribution < 1.29 is 26.9 Å². The van der Waals surface area contributed by atoms with Gasteiger partial charge in [0.25, 0.3) is 0 Å². The molecule has 3 aliphatic heterocycles. The zero-order chi connectivity index (χ0) is 26.4. The highest BCUT2D eigenvalue weighted by Gasteiger charge is 2.43. The van der Waals surface area contributed by atoms with Crippen molar-refractivity contribution in [1.29, 1.82) is 0 Å². The molecule has 9 nitrogen and oxygen atoms in total. The molecule has 1 aromatic carbocycles. The fourth-order valence-corrected chi connectivity index (χ4v) is 5.20. The highest BCUT2D eigenvalue weighted by atomic mass is 32.2. The van der Waals surface area contributed by atoms with Gasteiger partial charge in [-0.25, -0.2) is 0 Å². The van der Waals surface area contributed by atoms with Crippen LogP contribution in [0.15, 0.2) is 47.4 Å². The summed E-state index contributed by atoms with van der Waals surface area (Å²) in [5.74, 6) is 1.13. The zero-order valence-electron chi connectivity index (χ0n) is 22.3. The number of ether oxygens (including phenoxy) is 1. The number of hydrogen-bond donors (Lipinski definition) is 0. The predicted molar refractivity (Wildman–Crippen MR) is 151 cm³/mol. The largest absolute Gasteiger partial charge is 0.497 e. The quantitative estimate of drug-likeness (QED) is 0.155. The molecule has 38 heavy (non-hydrogen) atoms. The van der Waals surface area contributed by atoms with Crippen molar-refractivity contribution in [2.75, 3.05) is 52.1 Å². The second-order valence-electron chi connectivity index (χ2n) is 9.67. The van der Waals surface area contributed by atoms with Gasteiger partial charge in [0.05, 0.1) is 18.6 Å². The van der Waals surface area contributed by atoms with Crippen molar-refractivity contribution in [3.05, 3.63) is 47.4 Å². The van der Waals surface area contributed by atoms with Crippen LogP contribution < -0.4 is 8.92 Å². The smallest absolute Gasteiger partial charge is 0.309 e. The van der Waals surface area contributed by atoms with Crippen LogP contribution in [0, 0.1) is 0 Å². The molecule has 0 N–H and O–H groups in total. The number of benzene rings is 1. The highest BCUT2D eigenvalue weighted by Crippen LogP contribution is 2.34. The molecule has 11 heteroatoms.